The Bertz CT molecular complexity index is 372. The van der Waals surface area contributed by atoms with Gasteiger partial charge in [-0.2, -0.15) is 0 Å². The molecule has 1 fully saturated rings. The summed E-state index contributed by atoms with van der Waals surface area (Å²) >= 11 is 0. The maximum atomic E-state index is 13.2. The number of halogens is 1. The molecular formula is C15H23FN2. The molecule has 0 aliphatic carbocycles. The number of piperidine rings is 1. The minimum absolute atomic E-state index is 0.137. The van der Waals surface area contributed by atoms with Gasteiger partial charge < -0.3 is 10.2 Å². The smallest absolute Gasteiger partial charge is 0.123 e. The lowest BCUT2D eigenvalue weighted by molar-refractivity contribution is 0.181. The van der Waals surface area contributed by atoms with Gasteiger partial charge in [0.2, 0.25) is 0 Å². The van der Waals surface area contributed by atoms with Crippen molar-refractivity contribution in [2.45, 2.75) is 38.8 Å². The van der Waals surface area contributed by atoms with Gasteiger partial charge in [-0.1, -0.05) is 12.5 Å². The van der Waals surface area contributed by atoms with Gasteiger partial charge in [0.1, 0.15) is 5.82 Å². The molecule has 3 heteroatoms. The zero-order valence-corrected chi connectivity index (χ0v) is 11.4. The largest absolute Gasteiger partial charge is 0.311 e. The predicted molar refractivity (Wildman–Crippen MR) is 73.1 cm³/mol. The molecule has 1 aromatic carbocycles. The molecule has 2 rings (SSSR count). The third-order valence-corrected chi connectivity index (χ3v) is 3.73. The van der Waals surface area contributed by atoms with E-state index in [2.05, 4.69) is 17.3 Å². The van der Waals surface area contributed by atoms with E-state index in [1.165, 1.54) is 25.8 Å². The third kappa shape index (κ3) is 3.79. The van der Waals surface area contributed by atoms with Crippen LogP contribution in [0.15, 0.2) is 18.2 Å². The van der Waals surface area contributed by atoms with E-state index in [1.54, 1.807) is 12.1 Å². The molecule has 1 N–H and O–H groups in total. The van der Waals surface area contributed by atoms with E-state index >= 15 is 0 Å². The van der Waals surface area contributed by atoms with Crippen molar-refractivity contribution in [2.75, 3.05) is 20.1 Å². The van der Waals surface area contributed by atoms with E-state index in [0.717, 1.165) is 24.2 Å². The van der Waals surface area contributed by atoms with E-state index in [1.807, 2.05) is 13.0 Å². The van der Waals surface area contributed by atoms with Gasteiger partial charge in [-0.3, -0.25) is 0 Å². The van der Waals surface area contributed by atoms with Crippen LogP contribution in [0.4, 0.5) is 4.39 Å². The van der Waals surface area contributed by atoms with Crippen LogP contribution in [0.5, 0.6) is 0 Å². The Morgan fingerprint density at radius 3 is 2.89 bits per heavy atom. The van der Waals surface area contributed by atoms with Gasteiger partial charge in [0, 0.05) is 19.1 Å². The summed E-state index contributed by atoms with van der Waals surface area (Å²) in [7, 11) is 2.19. The van der Waals surface area contributed by atoms with Crippen molar-refractivity contribution >= 4 is 0 Å². The molecule has 0 radical (unpaired) electrons. The fourth-order valence-corrected chi connectivity index (χ4v) is 2.70. The summed E-state index contributed by atoms with van der Waals surface area (Å²) in [4.78, 5) is 2.42. The molecule has 0 bridgehead atoms. The van der Waals surface area contributed by atoms with Crippen molar-refractivity contribution < 1.29 is 4.39 Å². The van der Waals surface area contributed by atoms with Gasteiger partial charge in [0.25, 0.3) is 0 Å². The number of hydrogen-bond donors (Lipinski definition) is 1. The van der Waals surface area contributed by atoms with Gasteiger partial charge in [-0.15, -0.1) is 0 Å². The first kappa shape index (κ1) is 13.5. The second-order valence-corrected chi connectivity index (χ2v) is 5.40. The number of nitrogens with zero attached hydrogens (tertiary/aromatic N) is 1. The normalized spacial score (nSPS) is 21.2. The third-order valence-electron chi connectivity index (χ3n) is 3.73. The summed E-state index contributed by atoms with van der Waals surface area (Å²) in [5.41, 5.74) is 2.02. The second kappa shape index (κ2) is 6.30. The number of likely N-dealkylation sites (N-methyl/N-ethyl adjacent to an activating group) is 1. The lowest BCUT2D eigenvalue weighted by atomic mass is 10.0. The number of aryl methyl sites for hydroxylation is 1. The van der Waals surface area contributed by atoms with Crippen LogP contribution in [0.3, 0.4) is 0 Å². The highest BCUT2D eigenvalue weighted by Gasteiger charge is 2.17. The average molecular weight is 250 g/mol. The Hall–Kier alpha value is -0.930. The number of rotatable bonds is 4. The van der Waals surface area contributed by atoms with Crippen LogP contribution in [0.1, 0.15) is 30.4 Å². The van der Waals surface area contributed by atoms with Gasteiger partial charge in [0.15, 0.2) is 0 Å². The molecular weight excluding hydrogens is 227 g/mol. The Balaban J connectivity index is 1.80. The zero-order chi connectivity index (χ0) is 13.0. The zero-order valence-electron chi connectivity index (χ0n) is 11.4. The Morgan fingerprint density at radius 1 is 1.33 bits per heavy atom. The molecule has 18 heavy (non-hydrogen) atoms. The number of benzene rings is 1. The van der Waals surface area contributed by atoms with Gasteiger partial charge in [-0.05, 0) is 56.6 Å². The van der Waals surface area contributed by atoms with Crippen LogP contribution in [0.2, 0.25) is 0 Å². The van der Waals surface area contributed by atoms with Crippen molar-refractivity contribution in [2.24, 2.45) is 0 Å². The number of nitrogens with one attached hydrogen (secondary N) is 1. The van der Waals surface area contributed by atoms with Crippen LogP contribution in [0, 0.1) is 12.7 Å². The van der Waals surface area contributed by atoms with Gasteiger partial charge in [-0.25, -0.2) is 4.39 Å². The van der Waals surface area contributed by atoms with Crippen LogP contribution >= 0.6 is 0 Å². The fraction of sp³-hybridized carbons (Fsp3) is 0.600. The minimum Gasteiger partial charge on any atom is -0.311 e. The van der Waals surface area contributed by atoms with Crippen molar-refractivity contribution in [1.29, 1.82) is 0 Å². The molecule has 1 aliphatic rings. The highest BCUT2D eigenvalue weighted by molar-refractivity contribution is 5.23. The summed E-state index contributed by atoms with van der Waals surface area (Å²) in [5.74, 6) is -0.137. The molecule has 1 unspecified atom stereocenters. The Kier molecular flexibility index (Phi) is 4.72. The number of likely N-dealkylation sites (tertiary alicyclic amines) is 1. The first-order valence-corrected chi connectivity index (χ1v) is 6.82. The molecule has 0 aromatic heterocycles. The maximum absolute atomic E-state index is 13.2. The van der Waals surface area contributed by atoms with Crippen molar-refractivity contribution in [3.8, 4) is 0 Å². The van der Waals surface area contributed by atoms with Gasteiger partial charge in [0.05, 0.1) is 0 Å². The van der Waals surface area contributed by atoms with Crippen molar-refractivity contribution in [1.82, 2.24) is 10.2 Å². The topological polar surface area (TPSA) is 15.3 Å². The molecule has 100 valence electrons. The van der Waals surface area contributed by atoms with Crippen LogP contribution in [0.25, 0.3) is 0 Å². The fourth-order valence-electron chi connectivity index (χ4n) is 2.70. The predicted octanol–water partition coefficient (Wildman–Crippen LogP) is 2.71. The monoisotopic (exact) mass is 250 g/mol. The molecule has 0 spiro atoms. The summed E-state index contributed by atoms with van der Waals surface area (Å²) < 4.78 is 13.2. The first-order valence-electron chi connectivity index (χ1n) is 6.82. The van der Waals surface area contributed by atoms with Crippen LogP contribution in [-0.2, 0) is 6.54 Å². The molecule has 1 saturated heterocycles. The average Bonchev–Trinajstić information content (AvgIpc) is 2.30. The molecule has 1 atom stereocenters. The van der Waals surface area contributed by atoms with E-state index in [-0.39, 0.29) is 5.82 Å². The molecule has 0 amide bonds. The second-order valence-electron chi connectivity index (χ2n) is 5.40. The summed E-state index contributed by atoms with van der Waals surface area (Å²) in [6, 6.07) is 5.86. The summed E-state index contributed by atoms with van der Waals surface area (Å²) in [5, 5.41) is 3.45. The van der Waals surface area contributed by atoms with Gasteiger partial charge >= 0.3 is 0 Å². The summed E-state index contributed by atoms with van der Waals surface area (Å²) in [6.07, 6.45) is 3.91. The number of hydrogen-bond acceptors (Lipinski definition) is 2. The van der Waals surface area contributed by atoms with E-state index in [0.29, 0.717) is 6.04 Å². The van der Waals surface area contributed by atoms with E-state index in [9.17, 15) is 4.39 Å². The lowest BCUT2D eigenvalue weighted by Crippen LogP contribution is -2.42. The first-order chi connectivity index (χ1) is 8.65. The minimum atomic E-state index is -0.137. The van der Waals surface area contributed by atoms with E-state index < -0.39 is 0 Å². The molecule has 0 saturated carbocycles. The highest BCUT2D eigenvalue weighted by atomic mass is 19.1. The molecule has 1 aliphatic heterocycles. The van der Waals surface area contributed by atoms with E-state index in [4.69, 9.17) is 0 Å². The lowest BCUT2D eigenvalue weighted by Gasteiger charge is -2.32. The van der Waals surface area contributed by atoms with Crippen molar-refractivity contribution in [3.05, 3.63) is 35.1 Å². The maximum Gasteiger partial charge on any atom is 0.123 e. The van der Waals surface area contributed by atoms with Crippen LogP contribution in [-0.4, -0.2) is 31.1 Å². The Morgan fingerprint density at radius 2 is 2.17 bits per heavy atom. The highest BCUT2D eigenvalue weighted by Crippen LogP contribution is 2.14. The van der Waals surface area contributed by atoms with Crippen LogP contribution < -0.4 is 5.32 Å². The quantitative estimate of drug-likeness (QED) is 0.884. The summed E-state index contributed by atoms with van der Waals surface area (Å²) in [6.45, 7) is 4.88. The Labute approximate surface area is 109 Å². The molecule has 1 aromatic rings. The molecule has 1 heterocycles. The molecule has 2 nitrogen and oxygen atoms in total. The van der Waals surface area contributed by atoms with Crippen molar-refractivity contribution in [3.63, 3.8) is 0 Å². The standard InChI is InChI=1S/C15H23FN2/c1-12-7-13(9-14(16)8-12)10-17-11-15-5-3-4-6-18(15)2/h7-9,15,17H,3-6,10-11H2,1-2H3. The SMILES string of the molecule is Cc1cc(F)cc(CNCC2CCCCN2C)c1.